The molecule has 0 radical (unpaired) electrons. The van der Waals surface area contributed by atoms with E-state index in [0.29, 0.717) is 25.9 Å². The summed E-state index contributed by atoms with van der Waals surface area (Å²) < 4.78 is 5.48. The van der Waals surface area contributed by atoms with Gasteiger partial charge in [-0.15, -0.1) is 0 Å². The number of allylic oxidation sites excluding steroid dienone is 2. The summed E-state index contributed by atoms with van der Waals surface area (Å²) in [6.45, 7) is 4.99. The molecule has 3 N–H and O–H groups in total. The Balaban J connectivity index is 3.33. The zero-order valence-corrected chi connectivity index (χ0v) is 54.6. The number of unbranched alkanes of at least 4 members (excludes halogenated alkanes) is 57. The van der Waals surface area contributed by atoms with Crippen LogP contribution in [0.3, 0.4) is 0 Å². The van der Waals surface area contributed by atoms with Gasteiger partial charge >= 0.3 is 5.97 Å². The molecule has 6 nitrogen and oxygen atoms in total. The van der Waals surface area contributed by atoms with Crippen LogP contribution in [-0.2, 0) is 14.3 Å². The van der Waals surface area contributed by atoms with Gasteiger partial charge in [-0.05, 0) is 51.4 Å². The lowest BCUT2D eigenvalue weighted by atomic mass is 10.0. The first-order chi connectivity index (χ1) is 39.5. The van der Waals surface area contributed by atoms with E-state index in [-0.39, 0.29) is 18.5 Å². The average molecular weight is 1130 g/mol. The van der Waals surface area contributed by atoms with E-state index in [4.69, 9.17) is 4.74 Å². The molecular weight excluding hydrogens is 983 g/mol. The molecule has 0 aromatic rings. The van der Waals surface area contributed by atoms with Gasteiger partial charge in [-0.25, -0.2) is 0 Å². The summed E-state index contributed by atoms with van der Waals surface area (Å²) in [5.41, 5.74) is 0. The number of aliphatic hydroxyl groups excluding tert-OH is 2. The monoisotopic (exact) mass is 1130 g/mol. The first kappa shape index (κ1) is 78.6. The summed E-state index contributed by atoms with van der Waals surface area (Å²) in [5, 5.41) is 23.4. The Labute approximate surface area is 501 Å². The van der Waals surface area contributed by atoms with Crippen LogP contribution in [0, 0.1) is 0 Å². The summed E-state index contributed by atoms with van der Waals surface area (Å²) in [7, 11) is 0. The number of aliphatic hydroxyl groups is 2. The number of ether oxygens (including phenoxy) is 1. The van der Waals surface area contributed by atoms with Crippen molar-refractivity contribution >= 4 is 11.9 Å². The molecule has 0 fully saturated rings. The molecule has 0 rings (SSSR count). The summed E-state index contributed by atoms with van der Waals surface area (Å²) >= 11 is 0. The predicted octanol–water partition coefficient (Wildman–Crippen LogP) is 23.9. The van der Waals surface area contributed by atoms with Gasteiger partial charge in [0.15, 0.2) is 0 Å². The minimum atomic E-state index is -0.661. The fourth-order valence-electron chi connectivity index (χ4n) is 11.9. The maximum absolute atomic E-state index is 12.5. The van der Waals surface area contributed by atoms with Gasteiger partial charge in [-0.2, -0.15) is 0 Å². The number of carbonyl (C=O) groups excluding carboxylic acids is 2. The highest BCUT2D eigenvalue weighted by atomic mass is 16.5. The Morgan fingerprint density at radius 1 is 0.338 bits per heavy atom. The molecule has 0 bridgehead atoms. The topological polar surface area (TPSA) is 95.9 Å². The number of rotatable bonds is 70. The van der Waals surface area contributed by atoms with Crippen molar-refractivity contribution in [3.05, 3.63) is 12.2 Å². The third-order valence-electron chi connectivity index (χ3n) is 17.6. The van der Waals surface area contributed by atoms with Gasteiger partial charge in [-0.3, -0.25) is 9.59 Å². The number of hydrogen-bond acceptors (Lipinski definition) is 5. The molecule has 0 aliphatic carbocycles. The molecule has 0 aliphatic rings. The molecule has 0 saturated heterocycles. The summed E-state index contributed by atoms with van der Waals surface area (Å²) in [4.78, 5) is 24.5. The van der Waals surface area contributed by atoms with Gasteiger partial charge in [0.2, 0.25) is 5.91 Å². The van der Waals surface area contributed by atoms with E-state index in [1.54, 1.807) is 0 Å². The van der Waals surface area contributed by atoms with Crippen molar-refractivity contribution in [3.63, 3.8) is 0 Å². The first-order valence-electron chi connectivity index (χ1n) is 36.9. The highest BCUT2D eigenvalue weighted by Crippen LogP contribution is 2.19. The molecule has 0 aromatic heterocycles. The van der Waals surface area contributed by atoms with Crippen molar-refractivity contribution in [2.75, 3.05) is 13.2 Å². The van der Waals surface area contributed by atoms with Crippen molar-refractivity contribution < 1.29 is 24.5 Å². The van der Waals surface area contributed by atoms with Gasteiger partial charge in [0.05, 0.1) is 25.4 Å². The summed E-state index contributed by atoms with van der Waals surface area (Å²) in [6.07, 6.45) is 87.1. The minimum Gasteiger partial charge on any atom is -0.466 e. The minimum absolute atomic E-state index is 0.0208. The molecule has 6 heteroatoms. The SMILES string of the molecule is CCCCCCCCCCCCCCCCCCCC(O)C(CO)NC(=O)CCCCCCCCCCCCCCCCCCC/C=C\CCCCCCCCCCCCCCCCOC(=O)CCCCCCCCCCCCC. The van der Waals surface area contributed by atoms with Crippen molar-refractivity contribution in [1.29, 1.82) is 0 Å². The fourth-order valence-corrected chi connectivity index (χ4v) is 11.9. The van der Waals surface area contributed by atoms with E-state index < -0.39 is 12.1 Å². The quantitative estimate of drug-likeness (QED) is 0.0320. The number of esters is 1. The Morgan fingerprint density at radius 2 is 0.588 bits per heavy atom. The molecular formula is C74H145NO5. The predicted molar refractivity (Wildman–Crippen MR) is 352 cm³/mol. The van der Waals surface area contributed by atoms with Gasteiger partial charge in [0, 0.05) is 12.8 Å². The van der Waals surface area contributed by atoms with E-state index in [1.807, 2.05) is 0 Å². The molecule has 0 spiro atoms. The van der Waals surface area contributed by atoms with Crippen LogP contribution >= 0.6 is 0 Å². The molecule has 2 atom stereocenters. The number of carbonyl (C=O) groups is 2. The Bertz CT molecular complexity index is 1210. The highest BCUT2D eigenvalue weighted by Gasteiger charge is 2.20. The molecule has 2 unspecified atom stereocenters. The lowest BCUT2D eigenvalue weighted by Gasteiger charge is -2.22. The average Bonchev–Trinajstić information content (AvgIpc) is 3.46. The van der Waals surface area contributed by atoms with Crippen LogP contribution < -0.4 is 5.32 Å². The molecule has 476 valence electrons. The second kappa shape index (κ2) is 70.1. The van der Waals surface area contributed by atoms with Crippen molar-refractivity contribution in [1.82, 2.24) is 5.32 Å². The van der Waals surface area contributed by atoms with Crippen LogP contribution in [0.2, 0.25) is 0 Å². The zero-order chi connectivity index (χ0) is 57.8. The molecule has 0 saturated carbocycles. The van der Waals surface area contributed by atoms with Gasteiger partial charge < -0.3 is 20.3 Å². The fraction of sp³-hybridized carbons (Fsp3) is 0.946. The third-order valence-corrected chi connectivity index (χ3v) is 17.6. The standard InChI is InChI=1S/C74H145NO5/c1-3-5-7-9-11-13-15-16-17-37-40-43-47-50-54-58-62-66-72(77)71(70-76)75-73(78)67-63-59-55-51-48-44-41-38-35-33-31-29-27-25-23-21-19-18-20-22-24-26-28-30-32-34-36-39-42-45-49-53-57-61-65-69-80-74(79)68-64-60-56-52-46-14-12-10-8-6-4-2/h20,22,71-72,76-77H,3-19,21,23-70H2,1-2H3,(H,75,78)/b22-20-. The van der Waals surface area contributed by atoms with Crippen LogP contribution in [0.15, 0.2) is 12.2 Å². The Kier molecular flexibility index (Phi) is 68.9. The number of hydrogen-bond donors (Lipinski definition) is 3. The summed E-state index contributed by atoms with van der Waals surface area (Å²) in [6, 6.07) is -0.538. The smallest absolute Gasteiger partial charge is 0.305 e. The van der Waals surface area contributed by atoms with Crippen molar-refractivity contribution in [2.24, 2.45) is 0 Å². The highest BCUT2D eigenvalue weighted by molar-refractivity contribution is 5.76. The van der Waals surface area contributed by atoms with Crippen LogP contribution in [0.1, 0.15) is 425 Å². The van der Waals surface area contributed by atoms with Crippen LogP contribution in [0.25, 0.3) is 0 Å². The Morgan fingerprint density at radius 3 is 0.887 bits per heavy atom. The second-order valence-corrected chi connectivity index (χ2v) is 25.6. The van der Waals surface area contributed by atoms with Crippen LogP contribution in [-0.4, -0.2) is 47.4 Å². The van der Waals surface area contributed by atoms with E-state index in [1.165, 1.54) is 353 Å². The Hall–Kier alpha value is -1.40. The zero-order valence-electron chi connectivity index (χ0n) is 54.6. The van der Waals surface area contributed by atoms with Crippen molar-refractivity contribution in [2.45, 2.75) is 437 Å². The largest absolute Gasteiger partial charge is 0.466 e. The molecule has 0 aromatic carbocycles. The number of nitrogens with one attached hydrogen (secondary N) is 1. The van der Waals surface area contributed by atoms with E-state index in [0.717, 1.165) is 38.5 Å². The van der Waals surface area contributed by atoms with Crippen LogP contribution in [0.4, 0.5) is 0 Å². The van der Waals surface area contributed by atoms with Gasteiger partial charge in [0.1, 0.15) is 0 Å². The lowest BCUT2D eigenvalue weighted by molar-refractivity contribution is -0.143. The number of amides is 1. The second-order valence-electron chi connectivity index (χ2n) is 25.6. The maximum Gasteiger partial charge on any atom is 0.305 e. The lowest BCUT2D eigenvalue weighted by Crippen LogP contribution is -2.45. The summed E-state index contributed by atoms with van der Waals surface area (Å²) in [5.74, 6) is -0.00633. The van der Waals surface area contributed by atoms with Crippen molar-refractivity contribution in [3.8, 4) is 0 Å². The molecule has 1 amide bonds. The van der Waals surface area contributed by atoms with E-state index in [9.17, 15) is 19.8 Å². The van der Waals surface area contributed by atoms with Gasteiger partial charge in [-0.1, -0.05) is 373 Å². The van der Waals surface area contributed by atoms with Gasteiger partial charge in [0.25, 0.3) is 0 Å². The third kappa shape index (κ3) is 65.7. The molecule has 80 heavy (non-hydrogen) atoms. The maximum atomic E-state index is 12.5. The molecule has 0 aliphatic heterocycles. The normalized spacial score (nSPS) is 12.5. The van der Waals surface area contributed by atoms with E-state index in [2.05, 4.69) is 31.3 Å². The van der Waals surface area contributed by atoms with E-state index >= 15 is 0 Å². The van der Waals surface area contributed by atoms with Crippen LogP contribution in [0.5, 0.6) is 0 Å². The molecule has 0 heterocycles. The first-order valence-corrected chi connectivity index (χ1v) is 36.9.